The van der Waals surface area contributed by atoms with Gasteiger partial charge >= 0.3 is 6.85 Å². The van der Waals surface area contributed by atoms with Crippen LogP contribution in [0.1, 0.15) is 6.92 Å². The fraction of sp³-hybridized carbons (Fsp3) is 0.750. The second-order valence-electron chi connectivity index (χ2n) is 1.30. The smallest absolute Gasteiger partial charge is 0.153 e. The second kappa shape index (κ2) is 3.93. The predicted octanol–water partition coefficient (Wildman–Crippen LogP) is 1.41. The highest BCUT2D eigenvalue weighted by Crippen LogP contribution is 2.23. The molecule has 0 rings (SSSR count). The molecule has 0 heterocycles. The van der Waals surface area contributed by atoms with Crippen molar-refractivity contribution in [3.05, 3.63) is 0 Å². The van der Waals surface area contributed by atoms with Crippen LogP contribution in [0.4, 0.5) is 0 Å². The van der Waals surface area contributed by atoms with Gasteiger partial charge in [-0.2, -0.15) is 5.10 Å². The summed E-state index contributed by atoms with van der Waals surface area (Å²) in [6, 6.07) is 0. The molecule has 0 saturated heterocycles. The van der Waals surface area contributed by atoms with Gasteiger partial charge in [-0.1, -0.05) is 0 Å². The number of rotatable bonds is 3. The van der Waals surface area contributed by atoms with E-state index in [0.717, 1.165) is 6.16 Å². The van der Waals surface area contributed by atoms with Crippen molar-refractivity contribution in [1.82, 2.24) is 4.78 Å². The number of hydrogen-bond acceptors (Lipinski definition) is 2. The second-order valence-corrected chi connectivity index (χ2v) is 4.48. The zero-order valence-electron chi connectivity index (χ0n) is 5.16. The molecule has 0 bridgehead atoms. The van der Waals surface area contributed by atoms with Crippen LogP contribution in [-0.4, -0.2) is 24.7 Å². The summed E-state index contributed by atoms with van der Waals surface area (Å²) in [6.45, 7) is 4.96. The van der Waals surface area contributed by atoms with E-state index in [9.17, 15) is 0 Å². The quantitative estimate of drug-likeness (QED) is 0.342. The zero-order valence-corrected chi connectivity index (χ0v) is 6.88. The van der Waals surface area contributed by atoms with Crippen LogP contribution >= 0.6 is 6.85 Å². The minimum Gasteiger partial charge on any atom is -0.153 e. The van der Waals surface area contributed by atoms with E-state index in [1.807, 2.05) is 7.05 Å². The van der Waals surface area contributed by atoms with Crippen LogP contribution in [0, 0.1) is 0 Å². The minimum atomic E-state index is -0.452. The lowest BCUT2D eigenvalue weighted by molar-refractivity contribution is 0.609. The summed E-state index contributed by atoms with van der Waals surface area (Å²) in [6.07, 6.45) is 1.00. The van der Waals surface area contributed by atoms with Gasteiger partial charge in [0.1, 0.15) is 6.16 Å². The van der Waals surface area contributed by atoms with Crippen LogP contribution in [0.25, 0.3) is 0 Å². The van der Waals surface area contributed by atoms with E-state index < -0.39 is 6.85 Å². The Morgan fingerprint density at radius 2 is 2.38 bits per heavy atom. The van der Waals surface area contributed by atoms with Crippen molar-refractivity contribution in [3.63, 3.8) is 0 Å². The normalized spacial score (nSPS) is 10.5. The first-order valence-electron chi connectivity index (χ1n) is 2.37. The Balaban J connectivity index is 3.62. The highest BCUT2D eigenvalue weighted by atomic mass is 32.4. The van der Waals surface area contributed by atoms with Crippen LogP contribution in [0.15, 0.2) is 5.10 Å². The average molecular weight is 149 g/mol. The standard InChI is InChI=1S/C4H10N2PS/c1-4-7(8)6(3)5-2/h2,4H2,1,3H3/q+1. The van der Waals surface area contributed by atoms with Crippen molar-refractivity contribution < 1.29 is 0 Å². The molecule has 1 unspecified atom stereocenters. The Kier molecular flexibility index (Phi) is 3.92. The maximum atomic E-state index is 5.02. The minimum absolute atomic E-state index is 0.452. The first-order chi connectivity index (χ1) is 3.72. The van der Waals surface area contributed by atoms with Crippen LogP contribution < -0.4 is 0 Å². The Bertz CT molecular complexity index is 104. The van der Waals surface area contributed by atoms with E-state index in [-0.39, 0.29) is 0 Å². The van der Waals surface area contributed by atoms with Gasteiger partial charge in [0.25, 0.3) is 0 Å². The van der Waals surface area contributed by atoms with Crippen molar-refractivity contribution in [2.45, 2.75) is 6.92 Å². The molecule has 46 valence electrons. The predicted molar refractivity (Wildman–Crippen MR) is 42.1 cm³/mol. The summed E-state index contributed by atoms with van der Waals surface area (Å²) in [4.78, 5) is 0. The highest BCUT2D eigenvalue weighted by Gasteiger charge is 2.09. The maximum absolute atomic E-state index is 5.02. The molecule has 0 N–H and O–H groups in total. The average Bonchev–Trinajstić information content (AvgIpc) is 1.84. The van der Waals surface area contributed by atoms with Crippen LogP contribution in [-0.2, 0) is 11.8 Å². The molecule has 0 aliphatic heterocycles. The van der Waals surface area contributed by atoms with Gasteiger partial charge in [-0.3, -0.25) is 0 Å². The van der Waals surface area contributed by atoms with Crippen molar-refractivity contribution in [3.8, 4) is 0 Å². The first-order valence-corrected chi connectivity index (χ1v) is 4.86. The summed E-state index contributed by atoms with van der Waals surface area (Å²) in [5.41, 5.74) is 0. The molecular weight excluding hydrogens is 139 g/mol. The summed E-state index contributed by atoms with van der Waals surface area (Å²) >= 11 is 5.02. The van der Waals surface area contributed by atoms with Gasteiger partial charge in [0.05, 0.1) is 7.05 Å². The molecule has 0 radical (unpaired) electrons. The van der Waals surface area contributed by atoms with E-state index in [4.69, 9.17) is 11.8 Å². The van der Waals surface area contributed by atoms with Crippen LogP contribution in [0.2, 0.25) is 0 Å². The molecule has 4 heteroatoms. The van der Waals surface area contributed by atoms with Gasteiger partial charge in [-0.15, -0.1) is 4.78 Å². The third kappa shape index (κ3) is 2.34. The summed E-state index contributed by atoms with van der Waals surface area (Å²) in [7, 11) is 1.86. The van der Waals surface area contributed by atoms with Gasteiger partial charge in [0.15, 0.2) is 11.8 Å². The molecule has 0 aromatic rings. The molecule has 0 aliphatic rings. The Morgan fingerprint density at radius 3 is 2.50 bits per heavy atom. The lowest BCUT2D eigenvalue weighted by Crippen LogP contribution is -1.97. The van der Waals surface area contributed by atoms with Crippen molar-refractivity contribution in [2.24, 2.45) is 5.10 Å². The molecule has 0 saturated carbocycles. The maximum Gasteiger partial charge on any atom is 0.309 e. The molecule has 0 aromatic heterocycles. The highest BCUT2D eigenvalue weighted by molar-refractivity contribution is 8.04. The third-order valence-corrected chi connectivity index (χ3v) is 3.59. The molecule has 0 spiro atoms. The third-order valence-electron chi connectivity index (χ3n) is 0.798. The summed E-state index contributed by atoms with van der Waals surface area (Å²) in [5, 5.41) is 3.67. The van der Waals surface area contributed by atoms with Gasteiger partial charge in [0, 0.05) is 6.72 Å². The fourth-order valence-electron chi connectivity index (χ4n) is 0.275. The fourth-order valence-corrected chi connectivity index (χ4v) is 0.981. The Hall–Kier alpha value is -0.0100. The van der Waals surface area contributed by atoms with Gasteiger partial charge in [0.2, 0.25) is 0 Å². The molecule has 0 amide bonds. The first kappa shape index (κ1) is 7.99. The largest absolute Gasteiger partial charge is 0.309 e. The topological polar surface area (TPSA) is 15.6 Å². The molecular formula is C4H10N2PS+. The summed E-state index contributed by atoms with van der Waals surface area (Å²) < 4.78 is 1.74. The SMILES string of the molecule is C=NN(C)[P+](=S)CC. The van der Waals surface area contributed by atoms with Crippen molar-refractivity contribution >= 4 is 25.4 Å². The number of hydrogen-bond donors (Lipinski definition) is 0. The molecule has 1 atom stereocenters. The molecule has 0 aliphatic carbocycles. The lowest BCUT2D eigenvalue weighted by Gasteiger charge is -1.96. The van der Waals surface area contributed by atoms with Crippen molar-refractivity contribution in [1.29, 1.82) is 0 Å². The Labute approximate surface area is 56.1 Å². The zero-order chi connectivity index (χ0) is 6.57. The molecule has 0 fully saturated rings. The molecule has 2 nitrogen and oxygen atoms in total. The lowest BCUT2D eigenvalue weighted by atomic mass is 11.0. The van der Waals surface area contributed by atoms with Gasteiger partial charge in [-0.05, 0) is 6.92 Å². The molecule has 8 heavy (non-hydrogen) atoms. The van der Waals surface area contributed by atoms with E-state index in [1.165, 1.54) is 0 Å². The van der Waals surface area contributed by atoms with E-state index >= 15 is 0 Å². The monoisotopic (exact) mass is 149 g/mol. The van der Waals surface area contributed by atoms with E-state index in [0.29, 0.717) is 0 Å². The van der Waals surface area contributed by atoms with Gasteiger partial charge < -0.3 is 0 Å². The van der Waals surface area contributed by atoms with Crippen LogP contribution in [0.3, 0.4) is 0 Å². The Morgan fingerprint density at radius 1 is 1.88 bits per heavy atom. The number of nitrogens with zero attached hydrogens (tertiary/aromatic N) is 2. The molecule has 0 aromatic carbocycles. The van der Waals surface area contributed by atoms with E-state index in [2.05, 4.69) is 18.7 Å². The van der Waals surface area contributed by atoms with Gasteiger partial charge in [-0.25, -0.2) is 0 Å². The van der Waals surface area contributed by atoms with Crippen molar-refractivity contribution in [2.75, 3.05) is 13.2 Å². The van der Waals surface area contributed by atoms with Crippen LogP contribution in [0.5, 0.6) is 0 Å². The number of hydrazone groups is 1. The summed E-state index contributed by atoms with van der Waals surface area (Å²) in [5.74, 6) is 0. The van der Waals surface area contributed by atoms with E-state index in [1.54, 1.807) is 4.78 Å².